The van der Waals surface area contributed by atoms with E-state index in [9.17, 15) is 9.59 Å². The number of rotatable bonds is 3. The van der Waals surface area contributed by atoms with E-state index in [2.05, 4.69) is 6.92 Å². The van der Waals surface area contributed by atoms with E-state index >= 15 is 0 Å². The summed E-state index contributed by atoms with van der Waals surface area (Å²) >= 11 is 0. The second-order valence-electron chi connectivity index (χ2n) is 8.20. The first-order valence-electron chi connectivity index (χ1n) is 10.5. The quantitative estimate of drug-likeness (QED) is 0.797. The molecule has 0 bridgehead atoms. The monoisotopic (exact) mass is 386 g/mol. The Kier molecular flexibility index (Phi) is 5.69. The van der Waals surface area contributed by atoms with Gasteiger partial charge in [0.2, 0.25) is 5.91 Å². The van der Waals surface area contributed by atoms with Crippen molar-refractivity contribution in [1.82, 2.24) is 9.80 Å². The summed E-state index contributed by atoms with van der Waals surface area (Å²) in [4.78, 5) is 30.3. The molecule has 6 heteroatoms. The second kappa shape index (κ2) is 8.21. The highest BCUT2D eigenvalue weighted by Gasteiger charge is 2.52. The summed E-state index contributed by atoms with van der Waals surface area (Å²) in [5.41, 5.74) is 1.77. The molecule has 0 aromatic heterocycles. The molecule has 1 aromatic rings. The topological polar surface area (TPSA) is 59.1 Å². The minimum Gasteiger partial charge on any atom is -0.381 e. The summed E-state index contributed by atoms with van der Waals surface area (Å²) in [6, 6.07) is 7.86. The molecule has 2 amide bonds. The van der Waals surface area contributed by atoms with Crippen LogP contribution >= 0.6 is 0 Å². The van der Waals surface area contributed by atoms with E-state index < -0.39 is 0 Å². The van der Waals surface area contributed by atoms with Crippen molar-refractivity contribution in [2.24, 2.45) is 11.3 Å². The van der Waals surface area contributed by atoms with Gasteiger partial charge in [0.15, 0.2) is 0 Å². The molecule has 6 nitrogen and oxygen atoms in total. The number of hydrogen-bond donors (Lipinski definition) is 0. The van der Waals surface area contributed by atoms with Crippen LogP contribution in [0.3, 0.4) is 0 Å². The molecule has 4 rings (SSSR count). The number of benzene rings is 1. The molecule has 3 aliphatic heterocycles. The molecule has 3 aliphatic rings. The van der Waals surface area contributed by atoms with E-state index in [0.29, 0.717) is 58.2 Å². The van der Waals surface area contributed by atoms with E-state index in [-0.39, 0.29) is 23.1 Å². The van der Waals surface area contributed by atoms with E-state index in [1.54, 1.807) is 0 Å². The number of amides is 2. The van der Waals surface area contributed by atoms with Gasteiger partial charge in [0.25, 0.3) is 5.91 Å². The average molecular weight is 386 g/mol. The van der Waals surface area contributed by atoms with Gasteiger partial charge in [-0.05, 0) is 37.0 Å². The Morgan fingerprint density at radius 1 is 1.00 bits per heavy atom. The van der Waals surface area contributed by atoms with Crippen molar-refractivity contribution < 1.29 is 19.1 Å². The van der Waals surface area contributed by atoms with Crippen LogP contribution < -0.4 is 0 Å². The van der Waals surface area contributed by atoms with Crippen LogP contribution in [0.2, 0.25) is 0 Å². The van der Waals surface area contributed by atoms with Gasteiger partial charge in [-0.3, -0.25) is 9.59 Å². The highest BCUT2D eigenvalue weighted by Crippen LogP contribution is 2.45. The SMILES string of the molecule is CCc1ccc(C(=O)N2CC(C(=O)N3CCOCC3)C3(CCOCC3)C2)cc1. The molecule has 0 aliphatic carbocycles. The summed E-state index contributed by atoms with van der Waals surface area (Å²) in [6.45, 7) is 7.08. The van der Waals surface area contributed by atoms with E-state index in [4.69, 9.17) is 9.47 Å². The Labute approximate surface area is 166 Å². The third kappa shape index (κ3) is 3.67. The summed E-state index contributed by atoms with van der Waals surface area (Å²) in [5.74, 6) is 0.0704. The fourth-order valence-corrected chi connectivity index (χ4v) is 4.82. The number of hydrogen-bond acceptors (Lipinski definition) is 4. The Morgan fingerprint density at radius 2 is 1.64 bits per heavy atom. The summed E-state index contributed by atoms with van der Waals surface area (Å²) in [5, 5.41) is 0. The number of likely N-dealkylation sites (tertiary alicyclic amines) is 1. The van der Waals surface area contributed by atoms with E-state index in [0.717, 1.165) is 19.3 Å². The lowest BCUT2D eigenvalue weighted by Gasteiger charge is -2.39. The van der Waals surface area contributed by atoms with Crippen molar-refractivity contribution in [3.8, 4) is 0 Å². The molecule has 0 saturated carbocycles. The van der Waals surface area contributed by atoms with Gasteiger partial charge in [-0.1, -0.05) is 19.1 Å². The molecule has 1 unspecified atom stereocenters. The molecule has 3 fully saturated rings. The highest BCUT2D eigenvalue weighted by atomic mass is 16.5. The molecule has 1 aromatic carbocycles. The molecule has 0 radical (unpaired) electrons. The molecule has 28 heavy (non-hydrogen) atoms. The molecule has 3 heterocycles. The second-order valence-corrected chi connectivity index (χ2v) is 8.20. The summed E-state index contributed by atoms with van der Waals surface area (Å²) in [7, 11) is 0. The lowest BCUT2D eigenvalue weighted by atomic mass is 9.71. The van der Waals surface area contributed by atoms with Crippen LogP contribution in [0, 0.1) is 11.3 Å². The first-order chi connectivity index (χ1) is 13.6. The molecule has 3 saturated heterocycles. The van der Waals surface area contributed by atoms with Crippen LogP contribution in [0.1, 0.15) is 35.7 Å². The Bertz CT molecular complexity index is 706. The van der Waals surface area contributed by atoms with Crippen molar-refractivity contribution in [3.05, 3.63) is 35.4 Å². The average Bonchev–Trinajstić information content (AvgIpc) is 3.12. The van der Waals surface area contributed by atoms with Gasteiger partial charge in [0.05, 0.1) is 19.1 Å². The number of carbonyl (C=O) groups excluding carboxylic acids is 2. The van der Waals surface area contributed by atoms with Gasteiger partial charge in [-0.25, -0.2) is 0 Å². The fraction of sp³-hybridized carbons (Fsp3) is 0.636. The molecular weight excluding hydrogens is 356 g/mol. The van der Waals surface area contributed by atoms with Crippen LogP contribution in [0.5, 0.6) is 0 Å². The lowest BCUT2D eigenvalue weighted by molar-refractivity contribution is -0.144. The maximum atomic E-state index is 13.4. The summed E-state index contributed by atoms with van der Waals surface area (Å²) < 4.78 is 11.0. The van der Waals surface area contributed by atoms with Gasteiger partial charge in [-0.2, -0.15) is 0 Å². The Morgan fingerprint density at radius 3 is 2.29 bits per heavy atom. The molecule has 152 valence electrons. The maximum absolute atomic E-state index is 13.4. The van der Waals surface area contributed by atoms with Crippen molar-refractivity contribution in [1.29, 1.82) is 0 Å². The van der Waals surface area contributed by atoms with Gasteiger partial charge >= 0.3 is 0 Å². The smallest absolute Gasteiger partial charge is 0.253 e. The zero-order valence-corrected chi connectivity index (χ0v) is 16.7. The van der Waals surface area contributed by atoms with Crippen LogP contribution in [-0.4, -0.2) is 74.2 Å². The van der Waals surface area contributed by atoms with Crippen LogP contribution in [0.4, 0.5) is 0 Å². The third-order valence-corrected chi connectivity index (χ3v) is 6.65. The zero-order chi connectivity index (χ0) is 19.6. The molecule has 1 atom stereocenters. The van der Waals surface area contributed by atoms with Crippen molar-refractivity contribution in [2.75, 3.05) is 52.6 Å². The van der Waals surface area contributed by atoms with Crippen LogP contribution in [-0.2, 0) is 20.7 Å². The molecule has 0 N–H and O–H groups in total. The van der Waals surface area contributed by atoms with Gasteiger partial charge in [0.1, 0.15) is 0 Å². The summed E-state index contributed by atoms with van der Waals surface area (Å²) in [6.07, 6.45) is 2.63. The fourth-order valence-electron chi connectivity index (χ4n) is 4.82. The van der Waals surface area contributed by atoms with Crippen molar-refractivity contribution in [2.45, 2.75) is 26.2 Å². The largest absolute Gasteiger partial charge is 0.381 e. The highest BCUT2D eigenvalue weighted by molar-refractivity contribution is 5.95. The normalized spacial score (nSPS) is 24.5. The van der Waals surface area contributed by atoms with Gasteiger partial charge < -0.3 is 19.3 Å². The van der Waals surface area contributed by atoms with Crippen molar-refractivity contribution in [3.63, 3.8) is 0 Å². The minimum absolute atomic E-state index is 0.0331. The first kappa shape index (κ1) is 19.4. The Balaban J connectivity index is 1.55. The molecule has 1 spiro atoms. The predicted octanol–water partition coefficient (Wildman–Crippen LogP) is 1.98. The maximum Gasteiger partial charge on any atom is 0.253 e. The number of ether oxygens (including phenoxy) is 2. The number of nitrogens with zero attached hydrogens (tertiary/aromatic N) is 2. The van der Waals surface area contributed by atoms with Crippen LogP contribution in [0.15, 0.2) is 24.3 Å². The predicted molar refractivity (Wildman–Crippen MR) is 105 cm³/mol. The third-order valence-electron chi connectivity index (χ3n) is 6.65. The van der Waals surface area contributed by atoms with E-state index in [1.165, 1.54) is 5.56 Å². The lowest BCUT2D eigenvalue weighted by Crippen LogP contribution is -2.49. The zero-order valence-electron chi connectivity index (χ0n) is 16.7. The number of aryl methyl sites for hydroxylation is 1. The standard InChI is InChI=1S/C22H30N2O4/c1-2-17-3-5-18(6-4-17)20(25)24-15-19(21(26)23-9-13-28-14-10-23)22(16-24)7-11-27-12-8-22/h3-6,19H,2,7-16H2,1H3. The number of morpholine rings is 1. The minimum atomic E-state index is -0.160. The Hall–Kier alpha value is -1.92. The number of carbonyl (C=O) groups is 2. The van der Waals surface area contributed by atoms with Gasteiger partial charge in [0, 0.05) is 50.4 Å². The van der Waals surface area contributed by atoms with Crippen LogP contribution in [0.25, 0.3) is 0 Å². The molecular formula is C22H30N2O4. The van der Waals surface area contributed by atoms with Crippen molar-refractivity contribution >= 4 is 11.8 Å². The van der Waals surface area contributed by atoms with E-state index in [1.807, 2.05) is 34.1 Å². The van der Waals surface area contributed by atoms with Gasteiger partial charge in [-0.15, -0.1) is 0 Å². The first-order valence-corrected chi connectivity index (χ1v) is 10.5.